The Hall–Kier alpha value is -1.68. The lowest BCUT2D eigenvalue weighted by atomic mass is 10.0. The van der Waals surface area contributed by atoms with Gasteiger partial charge in [0, 0.05) is 11.6 Å². The third kappa shape index (κ3) is 2.29. The van der Waals surface area contributed by atoms with Gasteiger partial charge in [-0.05, 0) is 37.8 Å². The Morgan fingerprint density at radius 1 is 1.22 bits per heavy atom. The Labute approximate surface area is 106 Å². The van der Waals surface area contributed by atoms with Crippen LogP contribution in [0.15, 0.2) is 22.6 Å². The van der Waals surface area contributed by atoms with Crippen LogP contribution in [0, 0.1) is 13.8 Å². The zero-order chi connectivity index (χ0) is 12.5. The van der Waals surface area contributed by atoms with E-state index < -0.39 is 0 Å². The number of aryl methyl sites for hydroxylation is 2. The number of rotatable bonds is 4. The Balaban J connectivity index is 1.83. The molecule has 1 saturated carbocycles. The number of hydrogen-bond acceptors (Lipinski definition) is 4. The van der Waals surface area contributed by atoms with Crippen molar-refractivity contribution in [3.05, 3.63) is 35.2 Å². The molecule has 0 saturated heterocycles. The van der Waals surface area contributed by atoms with Gasteiger partial charge in [-0.15, -0.1) is 10.2 Å². The van der Waals surface area contributed by atoms with Crippen LogP contribution in [0.3, 0.4) is 0 Å². The smallest absolute Gasteiger partial charge is 0.248 e. The molecule has 2 aromatic rings. The quantitative estimate of drug-likeness (QED) is 0.896. The van der Waals surface area contributed by atoms with Crippen LogP contribution in [0.5, 0.6) is 0 Å². The van der Waals surface area contributed by atoms with E-state index in [0.717, 1.165) is 5.56 Å². The minimum absolute atomic E-state index is 0.623. The minimum atomic E-state index is 0.623. The first kappa shape index (κ1) is 11.4. The maximum absolute atomic E-state index is 5.72. The summed E-state index contributed by atoms with van der Waals surface area (Å²) >= 11 is 0. The predicted molar refractivity (Wildman–Crippen MR) is 69.1 cm³/mol. The highest BCUT2D eigenvalue weighted by Gasteiger charge is 2.21. The lowest BCUT2D eigenvalue weighted by Crippen LogP contribution is -2.15. The van der Waals surface area contributed by atoms with Gasteiger partial charge in [-0.1, -0.05) is 18.2 Å². The van der Waals surface area contributed by atoms with Crippen LogP contribution < -0.4 is 5.32 Å². The van der Waals surface area contributed by atoms with Crippen molar-refractivity contribution in [2.75, 3.05) is 0 Å². The molecule has 1 aromatic carbocycles. The van der Waals surface area contributed by atoms with Gasteiger partial charge in [0.05, 0.1) is 6.54 Å². The second kappa shape index (κ2) is 4.53. The van der Waals surface area contributed by atoms with Gasteiger partial charge in [-0.3, -0.25) is 0 Å². The van der Waals surface area contributed by atoms with Crippen molar-refractivity contribution in [2.24, 2.45) is 0 Å². The van der Waals surface area contributed by atoms with Gasteiger partial charge in [0.15, 0.2) is 0 Å². The molecule has 4 heteroatoms. The van der Waals surface area contributed by atoms with Crippen LogP contribution in [0.4, 0.5) is 0 Å². The topological polar surface area (TPSA) is 51.0 Å². The summed E-state index contributed by atoms with van der Waals surface area (Å²) in [5, 5.41) is 11.6. The number of hydrogen-bond donors (Lipinski definition) is 1. The van der Waals surface area contributed by atoms with E-state index in [-0.39, 0.29) is 0 Å². The van der Waals surface area contributed by atoms with Crippen LogP contribution in [0.25, 0.3) is 11.5 Å². The van der Waals surface area contributed by atoms with E-state index >= 15 is 0 Å². The molecule has 94 valence electrons. The Kier molecular flexibility index (Phi) is 2.88. The fourth-order valence-electron chi connectivity index (χ4n) is 2.10. The van der Waals surface area contributed by atoms with Gasteiger partial charge in [0.2, 0.25) is 11.8 Å². The number of nitrogens with zero attached hydrogens (tertiary/aromatic N) is 2. The van der Waals surface area contributed by atoms with E-state index in [4.69, 9.17) is 4.42 Å². The van der Waals surface area contributed by atoms with E-state index in [2.05, 4.69) is 41.5 Å². The zero-order valence-corrected chi connectivity index (χ0v) is 10.7. The van der Waals surface area contributed by atoms with Gasteiger partial charge in [-0.2, -0.15) is 0 Å². The third-order valence-electron chi connectivity index (χ3n) is 3.28. The fraction of sp³-hybridized carbons (Fsp3) is 0.429. The summed E-state index contributed by atoms with van der Waals surface area (Å²) in [5.74, 6) is 1.29. The minimum Gasteiger partial charge on any atom is -0.419 e. The molecule has 1 heterocycles. The molecule has 0 unspecified atom stereocenters. The molecule has 1 fully saturated rings. The van der Waals surface area contributed by atoms with Crippen molar-refractivity contribution in [3.63, 3.8) is 0 Å². The van der Waals surface area contributed by atoms with E-state index in [1.165, 1.54) is 24.0 Å². The highest BCUT2D eigenvalue weighted by molar-refractivity contribution is 5.62. The molecule has 1 aliphatic carbocycles. The van der Waals surface area contributed by atoms with E-state index in [0.29, 0.717) is 24.4 Å². The summed E-state index contributed by atoms with van der Waals surface area (Å²) in [4.78, 5) is 0. The van der Waals surface area contributed by atoms with E-state index in [1.807, 2.05) is 6.07 Å². The summed E-state index contributed by atoms with van der Waals surface area (Å²) in [5.41, 5.74) is 3.39. The Morgan fingerprint density at radius 2 is 1.94 bits per heavy atom. The Morgan fingerprint density at radius 3 is 2.61 bits per heavy atom. The first-order valence-corrected chi connectivity index (χ1v) is 6.36. The molecule has 18 heavy (non-hydrogen) atoms. The van der Waals surface area contributed by atoms with Gasteiger partial charge in [-0.25, -0.2) is 0 Å². The molecule has 0 radical (unpaired) electrons. The summed E-state index contributed by atoms with van der Waals surface area (Å²) in [6.45, 7) is 4.80. The predicted octanol–water partition coefficient (Wildman–Crippen LogP) is 2.61. The molecule has 0 atom stereocenters. The molecule has 0 spiro atoms. The van der Waals surface area contributed by atoms with Gasteiger partial charge in [0.1, 0.15) is 0 Å². The maximum atomic E-state index is 5.72. The van der Waals surface area contributed by atoms with Crippen molar-refractivity contribution in [1.82, 2.24) is 15.5 Å². The molecule has 1 N–H and O–H groups in total. The first-order valence-electron chi connectivity index (χ1n) is 6.36. The maximum Gasteiger partial charge on any atom is 0.248 e. The molecule has 3 rings (SSSR count). The molecule has 1 aliphatic rings. The van der Waals surface area contributed by atoms with Crippen LogP contribution in [-0.2, 0) is 6.54 Å². The SMILES string of the molecule is Cc1cccc(C)c1-c1nnc(CNC2CC2)o1. The molecule has 0 amide bonds. The second-order valence-electron chi connectivity index (χ2n) is 4.92. The van der Waals surface area contributed by atoms with Crippen molar-refractivity contribution >= 4 is 0 Å². The lowest BCUT2D eigenvalue weighted by molar-refractivity contribution is 0.476. The van der Waals surface area contributed by atoms with Gasteiger partial charge in [0.25, 0.3) is 0 Å². The average Bonchev–Trinajstić information content (AvgIpc) is 3.06. The Bertz CT molecular complexity index is 538. The van der Waals surface area contributed by atoms with Crippen LogP contribution in [0.2, 0.25) is 0 Å². The third-order valence-corrected chi connectivity index (χ3v) is 3.28. The molecule has 4 nitrogen and oxygen atoms in total. The summed E-state index contributed by atoms with van der Waals surface area (Å²) in [7, 11) is 0. The zero-order valence-electron chi connectivity index (χ0n) is 10.7. The van der Waals surface area contributed by atoms with Crippen molar-refractivity contribution in [1.29, 1.82) is 0 Å². The van der Waals surface area contributed by atoms with E-state index in [9.17, 15) is 0 Å². The summed E-state index contributed by atoms with van der Waals surface area (Å²) < 4.78 is 5.72. The number of aromatic nitrogens is 2. The summed E-state index contributed by atoms with van der Waals surface area (Å²) in [6, 6.07) is 6.82. The van der Waals surface area contributed by atoms with Crippen LogP contribution in [-0.4, -0.2) is 16.2 Å². The average molecular weight is 243 g/mol. The standard InChI is InChI=1S/C14H17N3O/c1-9-4-3-5-10(2)13(9)14-17-16-12(18-14)8-15-11-6-7-11/h3-5,11,15H,6-8H2,1-2H3. The summed E-state index contributed by atoms with van der Waals surface area (Å²) in [6.07, 6.45) is 2.52. The molecule has 1 aromatic heterocycles. The largest absolute Gasteiger partial charge is 0.419 e. The fourth-order valence-corrected chi connectivity index (χ4v) is 2.10. The highest BCUT2D eigenvalue weighted by Crippen LogP contribution is 2.26. The second-order valence-corrected chi connectivity index (χ2v) is 4.92. The molecule has 0 aliphatic heterocycles. The van der Waals surface area contributed by atoms with Crippen molar-refractivity contribution < 1.29 is 4.42 Å². The first-order chi connectivity index (χ1) is 8.74. The molecular weight excluding hydrogens is 226 g/mol. The van der Waals surface area contributed by atoms with E-state index in [1.54, 1.807) is 0 Å². The number of benzene rings is 1. The van der Waals surface area contributed by atoms with Crippen LogP contribution >= 0.6 is 0 Å². The van der Waals surface area contributed by atoms with Gasteiger partial charge < -0.3 is 9.73 Å². The molecule has 0 bridgehead atoms. The van der Waals surface area contributed by atoms with Crippen molar-refractivity contribution in [3.8, 4) is 11.5 Å². The lowest BCUT2D eigenvalue weighted by Gasteiger charge is -2.04. The monoisotopic (exact) mass is 243 g/mol. The van der Waals surface area contributed by atoms with Crippen molar-refractivity contribution in [2.45, 2.75) is 39.3 Å². The number of nitrogens with one attached hydrogen (secondary N) is 1. The highest BCUT2D eigenvalue weighted by atomic mass is 16.4. The van der Waals surface area contributed by atoms with Gasteiger partial charge >= 0.3 is 0 Å². The normalized spacial score (nSPS) is 15.0. The van der Waals surface area contributed by atoms with Crippen LogP contribution in [0.1, 0.15) is 29.9 Å². The molecular formula is C14H17N3O.